The molecule has 37 heavy (non-hydrogen) atoms. The van der Waals surface area contributed by atoms with Gasteiger partial charge >= 0.3 is 6.01 Å². The van der Waals surface area contributed by atoms with E-state index < -0.39 is 0 Å². The van der Waals surface area contributed by atoms with E-state index in [2.05, 4.69) is 37.9 Å². The minimum atomic E-state index is -0.228. The van der Waals surface area contributed by atoms with E-state index in [0.717, 1.165) is 53.5 Å². The molecule has 1 N–H and O–H groups in total. The van der Waals surface area contributed by atoms with Gasteiger partial charge in [0, 0.05) is 24.6 Å². The fourth-order valence-corrected chi connectivity index (χ4v) is 4.33. The molecule has 8 heteroatoms. The predicted molar refractivity (Wildman–Crippen MR) is 145 cm³/mol. The first-order valence-electron chi connectivity index (χ1n) is 13.1. The highest BCUT2D eigenvalue weighted by molar-refractivity contribution is 5.92. The third-order valence-electron chi connectivity index (χ3n) is 6.40. The molecule has 0 fully saturated rings. The molecule has 0 spiro atoms. The van der Waals surface area contributed by atoms with Crippen LogP contribution in [0, 0.1) is 0 Å². The Morgan fingerprint density at radius 2 is 1.68 bits per heavy atom. The number of nitrogens with zero attached hydrogens (tertiary/aromatic N) is 4. The number of unbranched alkanes of at least 4 members (excludes halogenated alkanes) is 2. The van der Waals surface area contributed by atoms with Crippen molar-refractivity contribution in [2.45, 2.75) is 66.2 Å². The number of fused-ring (bicyclic) bond motifs is 1. The number of hydrogen-bond acceptors (Lipinski definition) is 6. The summed E-state index contributed by atoms with van der Waals surface area (Å²) in [5.74, 6) is 2.05. The molecule has 0 unspecified atom stereocenters. The van der Waals surface area contributed by atoms with Gasteiger partial charge in [-0.3, -0.25) is 9.36 Å². The van der Waals surface area contributed by atoms with E-state index in [1.165, 1.54) is 6.92 Å². The highest BCUT2D eigenvalue weighted by Crippen LogP contribution is 2.40. The third kappa shape index (κ3) is 5.48. The molecule has 0 radical (unpaired) electrons. The minimum Gasteiger partial charge on any atom is -0.493 e. The van der Waals surface area contributed by atoms with Gasteiger partial charge in [0.1, 0.15) is 11.5 Å². The fourth-order valence-electron chi connectivity index (χ4n) is 4.33. The van der Waals surface area contributed by atoms with Crippen LogP contribution in [0.3, 0.4) is 0 Å². The van der Waals surface area contributed by atoms with Crippen molar-refractivity contribution in [3.05, 3.63) is 48.2 Å². The summed E-state index contributed by atoms with van der Waals surface area (Å²) in [7, 11) is 0. The van der Waals surface area contributed by atoms with Crippen LogP contribution in [0.1, 0.15) is 76.6 Å². The molecule has 0 saturated heterocycles. The van der Waals surface area contributed by atoms with Crippen LogP contribution in [0.25, 0.3) is 28.0 Å². The smallest absolute Gasteiger partial charge is 0.319 e. The lowest BCUT2D eigenvalue weighted by Gasteiger charge is -2.19. The van der Waals surface area contributed by atoms with E-state index in [9.17, 15) is 9.90 Å². The van der Waals surface area contributed by atoms with Gasteiger partial charge in [0.05, 0.1) is 30.0 Å². The molecule has 0 aliphatic rings. The minimum absolute atomic E-state index is 0.0630. The van der Waals surface area contributed by atoms with Crippen LogP contribution in [0.5, 0.6) is 17.5 Å². The quantitative estimate of drug-likeness (QED) is 0.228. The standard InChI is InChI=1S/C29H36N4O4/c1-6-8-14-36-26-18-27(37-15-9-7-2)24(17-23(26)19(3)4)28-30-31-29(35)33(28)22-10-11-25-21(16-22)12-13-32(25)20(5)34/h10-13,16-19H,6-9,14-15H2,1-5H3,(H,31,35). The molecule has 0 bridgehead atoms. The molecule has 4 aromatic rings. The van der Waals surface area contributed by atoms with Crippen LogP contribution in [0.15, 0.2) is 42.6 Å². The Morgan fingerprint density at radius 1 is 0.973 bits per heavy atom. The van der Waals surface area contributed by atoms with Gasteiger partial charge in [-0.2, -0.15) is 0 Å². The van der Waals surface area contributed by atoms with Crippen LogP contribution in [-0.4, -0.2) is 43.6 Å². The number of benzene rings is 2. The molecule has 0 amide bonds. The summed E-state index contributed by atoms with van der Waals surface area (Å²) in [6.45, 7) is 11.2. The molecular formula is C29H36N4O4. The van der Waals surface area contributed by atoms with Gasteiger partial charge in [-0.1, -0.05) is 45.6 Å². The Balaban J connectivity index is 1.85. The Hall–Kier alpha value is -3.81. The van der Waals surface area contributed by atoms with Gasteiger partial charge in [-0.05, 0) is 54.7 Å². The van der Waals surface area contributed by atoms with Gasteiger partial charge in [0.2, 0.25) is 5.91 Å². The molecule has 2 aromatic heterocycles. The van der Waals surface area contributed by atoms with E-state index in [0.29, 0.717) is 30.5 Å². The van der Waals surface area contributed by atoms with Gasteiger partial charge in [-0.15, -0.1) is 5.10 Å². The number of hydrogen-bond donors (Lipinski definition) is 1. The summed E-state index contributed by atoms with van der Waals surface area (Å²) in [6.07, 6.45) is 5.70. The Kier molecular flexibility index (Phi) is 8.16. The number of carbonyl (C=O) groups excluding carboxylic acids is 1. The summed E-state index contributed by atoms with van der Waals surface area (Å²) in [4.78, 5) is 11.9. The van der Waals surface area contributed by atoms with Crippen LogP contribution >= 0.6 is 0 Å². The van der Waals surface area contributed by atoms with Crippen molar-refractivity contribution < 1.29 is 19.4 Å². The normalized spacial score (nSPS) is 11.4. The number of aromatic hydroxyl groups is 1. The molecule has 0 saturated carbocycles. The first kappa shape index (κ1) is 26.3. The third-order valence-corrected chi connectivity index (χ3v) is 6.40. The lowest BCUT2D eigenvalue weighted by atomic mass is 9.98. The van der Waals surface area contributed by atoms with E-state index in [1.807, 2.05) is 36.4 Å². The zero-order valence-corrected chi connectivity index (χ0v) is 22.3. The van der Waals surface area contributed by atoms with Crippen molar-refractivity contribution in [3.8, 4) is 34.6 Å². The lowest BCUT2D eigenvalue weighted by Crippen LogP contribution is -2.06. The van der Waals surface area contributed by atoms with E-state index in [1.54, 1.807) is 15.3 Å². The summed E-state index contributed by atoms with van der Waals surface area (Å²) in [5, 5.41) is 20.0. The summed E-state index contributed by atoms with van der Waals surface area (Å²) >= 11 is 0. The van der Waals surface area contributed by atoms with E-state index in [-0.39, 0.29) is 17.8 Å². The maximum atomic E-state index is 11.9. The second-order valence-corrected chi connectivity index (χ2v) is 9.55. The summed E-state index contributed by atoms with van der Waals surface area (Å²) in [5.41, 5.74) is 3.25. The molecule has 4 rings (SSSR count). The first-order chi connectivity index (χ1) is 17.8. The average molecular weight is 505 g/mol. The molecule has 0 aliphatic carbocycles. The van der Waals surface area contributed by atoms with Crippen LogP contribution in [-0.2, 0) is 0 Å². The van der Waals surface area contributed by atoms with E-state index in [4.69, 9.17) is 9.47 Å². The Bertz CT molecular complexity index is 1390. The lowest BCUT2D eigenvalue weighted by molar-refractivity contribution is 0.0941. The first-order valence-corrected chi connectivity index (χ1v) is 13.1. The fraction of sp³-hybridized carbons (Fsp3) is 0.414. The number of carbonyl (C=O) groups is 1. The van der Waals surface area contributed by atoms with Crippen molar-refractivity contribution in [3.63, 3.8) is 0 Å². The summed E-state index contributed by atoms with van der Waals surface area (Å²) < 4.78 is 15.6. The molecule has 0 atom stereocenters. The summed E-state index contributed by atoms with van der Waals surface area (Å²) in [6, 6.07) is 11.2. The molecule has 2 heterocycles. The maximum absolute atomic E-state index is 11.9. The second kappa shape index (κ2) is 11.5. The van der Waals surface area contributed by atoms with Crippen molar-refractivity contribution in [1.82, 2.24) is 19.3 Å². The molecule has 8 nitrogen and oxygen atoms in total. The van der Waals surface area contributed by atoms with Gasteiger partial charge in [0.15, 0.2) is 5.82 Å². The van der Waals surface area contributed by atoms with Gasteiger partial charge < -0.3 is 14.6 Å². The highest BCUT2D eigenvalue weighted by atomic mass is 16.5. The number of ether oxygens (including phenoxy) is 2. The Labute approximate surface area is 217 Å². The maximum Gasteiger partial charge on any atom is 0.319 e. The predicted octanol–water partition coefficient (Wildman–Crippen LogP) is 6.74. The van der Waals surface area contributed by atoms with Crippen LogP contribution in [0.4, 0.5) is 0 Å². The van der Waals surface area contributed by atoms with E-state index >= 15 is 0 Å². The average Bonchev–Trinajstić information content (AvgIpc) is 3.47. The number of rotatable bonds is 11. The van der Waals surface area contributed by atoms with Gasteiger partial charge in [0.25, 0.3) is 0 Å². The van der Waals surface area contributed by atoms with Crippen molar-refractivity contribution in [1.29, 1.82) is 0 Å². The molecular weight excluding hydrogens is 468 g/mol. The Morgan fingerprint density at radius 3 is 2.32 bits per heavy atom. The highest BCUT2D eigenvalue weighted by Gasteiger charge is 2.23. The molecule has 0 aliphatic heterocycles. The zero-order valence-electron chi connectivity index (χ0n) is 22.3. The molecule has 196 valence electrons. The van der Waals surface area contributed by atoms with Gasteiger partial charge in [-0.25, -0.2) is 4.57 Å². The second-order valence-electron chi connectivity index (χ2n) is 9.55. The topological polar surface area (TPSA) is 91.4 Å². The van der Waals surface area contributed by atoms with Crippen LogP contribution in [0.2, 0.25) is 0 Å². The van der Waals surface area contributed by atoms with Crippen molar-refractivity contribution >= 4 is 16.8 Å². The number of aromatic nitrogens is 4. The zero-order chi connectivity index (χ0) is 26.5. The van der Waals surface area contributed by atoms with Crippen molar-refractivity contribution in [2.24, 2.45) is 0 Å². The van der Waals surface area contributed by atoms with Crippen molar-refractivity contribution in [2.75, 3.05) is 13.2 Å². The SMILES string of the molecule is CCCCOc1cc(OCCCC)c(C(C)C)cc1-c1nnc(O)n1-c1ccc2c(ccn2C(C)=O)c1. The largest absolute Gasteiger partial charge is 0.493 e. The monoisotopic (exact) mass is 504 g/mol. The van der Waals surface area contributed by atoms with Crippen LogP contribution < -0.4 is 9.47 Å². The molecule has 2 aromatic carbocycles.